The molecule has 1 aromatic heterocycles. The first-order valence-corrected chi connectivity index (χ1v) is 16.7. The molecule has 0 bridgehead atoms. The van der Waals surface area contributed by atoms with Crippen LogP contribution in [0.25, 0.3) is 33.5 Å². The van der Waals surface area contributed by atoms with Gasteiger partial charge in [-0.2, -0.15) is 6.58 Å². The van der Waals surface area contributed by atoms with Crippen LogP contribution < -0.4 is 4.90 Å². The molecule has 3 nitrogen and oxygen atoms in total. The molecule has 0 N–H and O–H groups in total. The summed E-state index contributed by atoms with van der Waals surface area (Å²) in [5.74, 6) is 0. The number of rotatable bonds is 11. The monoisotopic (exact) mass is 860 g/mol. The van der Waals surface area contributed by atoms with Gasteiger partial charge in [0.05, 0.1) is 0 Å². The number of aliphatic imine (C=N–C) groups is 1. The molecular weight excluding hydrogens is 814 g/mol. The van der Waals surface area contributed by atoms with Crippen LogP contribution in [0.5, 0.6) is 0 Å². The van der Waals surface area contributed by atoms with Crippen LogP contribution in [0.4, 0.5) is 11.4 Å². The van der Waals surface area contributed by atoms with Crippen molar-refractivity contribution in [2.24, 2.45) is 4.99 Å². The minimum absolute atomic E-state index is 0. The van der Waals surface area contributed by atoms with E-state index in [9.17, 15) is 0 Å². The number of pyridine rings is 1. The van der Waals surface area contributed by atoms with E-state index >= 15 is 0 Å². The number of benzene rings is 4. The van der Waals surface area contributed by atoms with E-state index in [1.165, 1.54) is 11.1 Å². The summed E-state index contributed by atoms with van der Waals surface area (Å²) >= 11 is 0. The van der Waals surface area contributed by atoms with Gasteiger partial charge in [0.1, 0.15) is 0 Å². The van der Waals surface area contributed by atoms with Crippen LogP contribution >= 0.6 is 0 Å². The molecule has 0 atom stereocenters. The Morgan fingerprint density at radius 2 is 1.38 bits per heavy atom. The zero-order chi connectivity index (χ0) is 36.8. The third-order valence-electron chi connectivity index (χ3n) is 7.61. The molecular formula is C48H47N3Pt. The molecule has 1 heterocycles. The molecule has 0 aliphatic heterocycles. The summed E-state index contributed by atoms with van der Waals surface area (Å²) in [6.45, 7) is 21.4. The van der Waals surface area contributed by atoms with Crippen LogP contribution in [0, 0.1) is 12.1 Å². The van der Waals surface area contributed by atoms with Gasteiger partial charge in [-0.05, 0) is 90.0 Å². The molecule has 0 fully saturated rings. The zero-order valence-electron chi connectivity index (χ0n) is 30.6. The molecule has 0 aliphatic rings. The summed E-state index contributed by atoms with van der Waals surface area (Å²) in [5.41, 5.74) is 11.0. The van der Waals surface area contributed by atoms with Crippen LogP contribution in [0.1, 0.15) is 20.8 Å². The Morgan fingerprint density at radius 3 is 1.94 bits per heavy atom. The van der Waals surface area contributed by atoms with E-state index in [-0.39, 0.29) is 21.1 Å². The van der Waals surface area contributed by atoms with Crippen molar-refractivity contribution < 1.29 is 21.1 Å². The Kier molecular flexibility index (Phi) is 19.4. The predicted molar refractivity (Wildman–Crippen MR) is 223 cm³/mol. The third-order valence-corrected chi connectivity index (χ3v) is 7.61. The molecule has 4 aromatic carbocycles. The fraction of sp³-hybridized carbons (Fsp3) is 0.0833. The molecule has 264 valence electrons. The fourth-order valence-corrected chi connectivity index (χ4v) is 4.74. The Bertz CT molecular complexity index is 1980. The first kappa shape index (κ1) is 42.5. The normalized spacial score (nSPS) is 10.7. The average molecular weight is 861 g/mol. The number of allylic oxidation sites excluding steroid dienone is 9. The largest absolute Gasteiger partial charge is 2.00 e. The van der Waals surface area contributed by atoms with Crippen molar-refractivity contribution in [1.29, 1.82) is 0 Å². The Balaban J connectivity index is 0.000000465. The first-order chi connectivity index (χ1) is 24.9. The fourth-order valence-electron chi connectivity index (χ4n) is 4.74. The van der Waals surface area contributed by atoms with E-state index in [4.69, 9.17) is 0 Å². The predicted octanol–water partition coefficient (Wildman–Crippen LogP) is 13.0. The van der Waals surface area contributed by atoms with E-state index in [0.29, 0.717) is 5.70 Å². The summed E-state index contributed by atoms with van der Waals surface area (Å²) in [7, 11) is 1.75. The maximum atomic E-state index is 4.62. The molecule has 0 spiro atoms. The number of hydrogen-bond acceptors (Lipinski definition) is 3. The molecule has 5 aromatic rings. The Labute approximate surface area is 326 Å². The quantitative estimate of drug-likeness (QED) is 0.0752. The van der Waals surface area contributed by atoms with Crippen LogP contribution in [0.2, 0.25) is 0 Å². The second-order valence-corrected chi connectivity index (χ2v) is 11.1. The summed E-state index contributed by atoms with van der Waals surface area (Å²) in [6.07, 6.45) is 18.1. The van der Waals surface area contributed by atoms with Gasteiger partial charge >= 0.3 is 21.1 Å². The Hall–Kier alpha value is -5.63. The van der Waals surface area contributed by atoms with Crippen molar-refractivity contribution in [3.63, 3.8) is 0 Å². The van der Waals surface area contributed by atoms with Gasteiger partial charge in [0.15, 0.2) is 0 Å². The molecule has 52 heavy (non-hydrogen) atoms. The molecule has 0 unspecified atom stereocenters. The number of aromatic nitrogens is 1. The SMILES string of the molecule is C=C/C=C\C(=C)/C(C)=C/C=C\C.C=[C-]C(=C)N(c1[c-]c(-c2cc(-c3ccccc3)ccn2)ccc1)c1ccc(-c2ccccc2)cc1.CC=NC.[Pt+2]. The van der Waals surface area contributed by atoms with Crippen molar-refractivity contribution in [3.8, 4) is 33.5 Å². The van der Waals surface area contributed by atoms with E-state index in [2.05, 4.69) is 103 Å². The second-order valence-electron chi connectivity index (χ2n) is 11.1. The minimum atomic E-state index is 0. The van der Waals surface area contributed by atoms with Gasteiger partial charge in [0.25, 0.3) is 0 Å². The van der Waals surface area contributed by atoms with Crippen molar-refractivity contribution in [1.82, 2.24) is 4.98 Å². The summed E-state index contributed by atoms with van der Waals surface area (Å²) in [4.78, 5) is 10.2. The van der Waals surface area contributed by atoms with Crippen molar-refractivity contribution in [2.75, 3.05) is 11.9 Å². The number of nitrogens with zero attached hydrogens (tertiary/aromatic N) is 3. The van der Waals surface area contributed by atoms with E-state index in [1.54, 1.807) is 19.3 Å². The average Bonchev–Trinajstić information content (AvgIpc) is 3.20. The number of anilines is 2. The van der Waals surface area contributed by atoms with Gasteiger partial charge in [0.2, 0.25) is 0 Å². The standard InChI is InChI=1S/C33H24N2.C12H16.C3H7N.Pt/c1-3-25(2)35(31-19-17-28(18-20-31)26-11-6-4-7-12-26)32-16-10-15-30(23-32)33-24-29(21-22-34-33)27-13-8-5-9-14-27;1-5-7-9-11(3)12(4)10-8-6-2;1-3-4-2;/h4-22,24H,1-2H2;5-10H,1,3H2,2,4H3;3H,1-2H3;/q-2;;;+2/b;8-6-,9-7-,12-10+;;. The maximum absolute atomic E-state index is 4.62. The zero-order valence-corrected chi connectivity index (χ0v) is 32.8. The van der Waals surface area contributed by atoms with Crippen LogP contribution in [0.15, 0.2) is 206 Å². The third kappa shape index (κ3) is 13.2. The molecule has 0 amide bonds. The smallest absolute Gasteiger partial charge is 0.365 e. The van der Waals surface area contributed by atoms with Gasteiger partial charge in [-0.15, -0.1) is 35.5 Å². The molecule has 0 saturated heterocycles. The first-order valence-electron chi connectivity index (χ1n) is 16.7. The van der Waals surface area contributed by atoms with Gasteiger partial charge in [-0.1, -0.05) is 128 Å². The maximum Gasteiger partial charge on any atom is 2.00 e. The molecule has 5 rings (SSSR count). The van der Waals surface area contributed by atoms with E-state index in [0.717, 1.165) is 44.9 Å². The van der Waals surface area contributed by atoms with Crippen molar-refractivity contribution >= 4 is 17.6 Å². The van der Waals surface area contributed by atoms with Gasteiger partial charge < -0.3 is 14.9 Å². The van der Waals surface area contributed by atoms with Crippen LogP contribution in [-0.2, 0) is 21.1 Å². The van der Waals surface area contributed by atoms with Gasteiger partial charge in [-0.3, -0.25) is 0 Å². The minimum Gasteiger partial charge on any atom is -0.365 e. The topological polar surface area (TPSA) is 28.5 Å². The molecule has 0 radical (unpaired) electrons. The molecule has 4 heteroatoms. The van der Waals surface area contributed by atoms with Crippen molar-refractivity contribution in [2.45, 2.75) is 20.8 Å². The molecule has 0 aliphatic carbocycles. The van der Waals surface area contributed by atoms with Gasteiger partial charge in [-0.25, -0.2) is 12.7 Å². The summed E-state index contributed by atoms with van der Waals surface area (Å²) in [5, 5.41) is 0. The van der Waals surface area contributed by atoms with Crippen molar-refractivity contribution in [3.05, 3.63) is 213 Å². The second kappa shape index (κ2) is 23.7. The molecule has 0 saturated carbocycles. The Morgan fingerprint density at radius 1 is 0.788 bits per heavy atom. The van der Waals surface area contributed by atoms with Gasteiger partial charge in [0, 0.05) is 18.9 Å². The van der Waals surface area contributed by atoms with Crippen LogP contribution in [0.3, 0.4) is 0 Å². The summed E-state index contributed by atoms with van der Waals surface area (Å²) < 4.78 is 0. The van der Waals surface area contributed by atoms with Crippen LogP contribution in [-0.4, -0.2) is 18.2 Å². The van der Waals surface area contributed by atoms with E-state index in [1.807, 2.05) is 123 Å². The van der Waals surface area contributed by atoms with E-state index < -0.39 is 0 Å². The number of hydrogen-bond donors (Lipinski definition) is 0. The summed E-state index contributed by atoms with van der Waals surface area (Å²) in [6, 6.07) is 42.7.